The number of benzene rings is 2. The Hall–Kier alpha value is -4.24. The van der Waals surface area contributed by atoms with Crippen LogP contribution in [0.3, 0.4) is 0 Å². The molecule has 7 aliphatic rings. The zero-order valence-corrected chi connectivity index (χ0v) is 42.4. The Balaban J connectivity index is 0.000000169. The van der Waals surface area contributed by atoms with Gasteiger partial charge in [-0.1, -0.05) is 18.2 Å². The molecule has 360 valence electrons. The third kappa shape index (κ3) is 8.64. The maximum absolute atomic E-state index is 13.2. The van der Waals surface area contributed by atoms with Gasteiger partial charge in [0, 0.05) is 31.1 Å². The summed E-state index contributed by atoms with van der Waals surface area (Å²) >= 11 is 0. The number of amides is 2. The standard InChI is InChI=1S/C26H36BN3O5.C25H35BN2O4/c1-15(31)29-20-14-17(27-34-25(5,6)26(7,8)35-27)10-12-19(20)28-22(29)21-16-9-11-18(13-16)30(21)23(32)33-24(2,3)4;1-23(2,3)30-22(29)28-18-10-8-15(13-18)21(28)20-14-16-12-17(9-11-19(16)27-20)26-31-24(4,5)25(6,7)32-26/h10,12,14,16,18,21H,9,11,13H2,1-8H3;9,11-12,15,18,21H,8,10,13-14H2,1-7H3/t16-,18?,21-;15-,18?,21-/m00/s1. The Kier molecular flexibility index (Phi) is 11.5. The van der Waals surface area contributed by atoms with Gasteiger partial charge in [0.2, 0.25) is 5.91 Å². The first-order chi connectivity index (χ1) is 31.0. The molecule has 67 heavy (non-hydrogen) atoms. The molecule has 1 aromatic heterocycles. The first-order valence-electron chi connectivity index (χ1n) is 24.5. The number of nitrogens with zero attached hydrogens (tertiary/aromatic N) is 5. The lowest BCUT2D eigenvalue weighted by molar-refractivity contribution is 0.00560. The molecule has 2 unspecified atom stereocenters. The molecular formula is C51H71B2N5O9. The van der Waals surface area contributed by atoms with Gasteiger partial charge in [-0.05, 0) is 182 Å². The van der Waals surface area contributed by atoms with Crippen molar-refractivity contribution in [2.24, 2.45) is 16.8 Å². The maximum Gasteiger partial charge on any atom is 0.494 e. The molecule has 6 fully saturated rings. The zero-order chi connectivity index (χ0) is 48.6. The molecule has 16 heteroatoms. The Labute approximate surface area is 397 Å². The summed E-state index contributed by atoms with van der Waals surface area (Å²) in [7, 11) is -0.918. The van der Waals surface area contributed by atoms with E-state index in [1.807, 2.05) is 97.2 Å². The van der Waals surface area contributed by atoms with Gasteiger partial charge in [0.05, 0.1) is 51.2 Å². The van der Waals surface area contributed by atoms with Gasteiger partial charge in [-0.2, -0.15) is 0 Å². The molecular weight excluding hydrogens is 848 g/mol. The lowest BCUT2D eigenvalue weighted by atomic mass is 9.78. The second-order valence-electron chi connectivity index (χ2n) is 24.0. The predicted octanol–water partition coefficient (Wildman–Crippen LogP) is 8.86. The van der Waals surface area contributed by atoms with Crippen molar-refractivity contribution in [3.8, 4) is 0 Å². The maximum atomic E-state index is 13.2. The highest BCUT2D eigenvalue weighted by Crippen LogP contribution is 2.51. The molecule has 2 aliphatic carbocycles. The smallest absolute Gasteiger partial charge is 0.444 e. The third-order valence-corrected chi connectivity index (χ3v) is 15.8. The Morgan fingerprint density at radius 2 is 1.12 bits per heavy atom. The summed E-state index contributed by atoms with van der Waals surface area (Å²) in [6, 6.07) is 12.2. The first kappa shape index (κ1) is 47.8. The van der Waals surface area contributed by atoms with Crippen LogP contribution in [0.5, 0.6) is 0 Å². The largest absolute Gasteiger partial charge is 0.494 e. The van der Waals surface area contributed by atoms with Crippen molar-refractivity contribution >= 4 is 65.7 Å². The van der Waals surface area contributed by atoms with Crippen LogP contribution < -0.4 is 10.9 Å². The van der Waals surface area contributed by atoms with Crippen molar-refractivity contribution in [3.05, 3.63) is 47.8 Å². The quantitative estimate of drug-likeness (QED) is 0.233. The van der Waals surface area contributed by atoms with Gasteiger partial charge in [-0.25, -0.2) is 14.6 Å². The van der Waals surface area contributed by atoms with Crippen LogP contribution in [-0.2, 0) is 34.5 Å². The number of fused-ring (bicyclic) bond motifs is 6. The van der Waals surface area contributed by atoms with E-state index in [2.05, 4.69) is 45.9 Å². The molecule has 3 aromatic rings. The summed E-state index contributed by atoms with van der Waals surface area (Å²) < 4.78 is 38.1. The van der Waals surface area contributed by atoms with E-state index in [4.69, 9.17) is 38.1 Å². The van der Waals surface area contributed by atoms with Gasteiger partial charge in [-0.3, -0.25) is 24.2 Å². The number of hydrogen-bond acceptors (Lipinski definition) is 11. The number of aromatic nitrogens is 2. The van der Waals surface area contributed by atoms with Crippen LogP contribution >= 0.6 is 0 Å². The van der Waals surface area contributed by atoms with E-state index >= 15 is 0 Å². The highest BCUT2D eigenvalue weighted by Gasteiger charge is 2.56. The number of aliphatic imine (C=N–C) groups is 1. The Morgan fingerprint density at radius 1 is 0.657 bits per heavy atom. The van der Waals surface area contributed by atoms with Crippen LogP contribution in [0.2, 0.25) is 0 Å². The summed E-state index contributed by atoms with van der Waals surface area (Å²) in [4.78, 5) is 53.0. The van der Waals surface area contributed by atoms with Gasteiger partial charge in [0.1, 0.15) is 17.0 Å². The Morgan fingerprint density at radius 3 is 1.61 bits per heavy atom. The first-order valence-corrected chi connectivity index (χ1v) is 24.5. The third-order valence-electron chi connectivity index (χ3n) is 15.8. The van der Waals surface area contributed by atoms with Crippen LogP contribution in [-0.4, -0.2) is 109 Å². The van der Waals surface area contributed by atoms with Gasteiger partial charge in [-0.15, -0.1) is 0 Å². The molecule has 0 spiro atoms. The topological polar surface area (TPSA) is 143 Å². The molecule has 5 aliphatic heterocycles. The van der Waals surface area contributed by atoms with E-state index < -0.39 is 29.5 Å². The number of imidazole rings is 1. The number of rotatable bonds is 4. The SMILES string of the molecule is CC(=O)n1c([C@@H]2[C@H]3CCC(C3)N2C(=O)OC(C)(C)C)nc2ccc(B3OC(C)(C)C(C)(C)O3)cc21.CC(C)(C)OC(=O)N1C2CC[C@@H](C2)[C@H]1C1=Nc2ccc(B3OC(C)(C)C(C)(C)O3)cc2C1. The fraction of sp³-hybridized carbons (Fsp3) is 0.667. The van der Waals surface area contributed by atoms with Crippen molar-refractivity contribution in [1.82, 2.24) is 19.4 Å². The number of carbonyl (C=O) groups excluding carboxylic acids is 3. The van der Waals surface area contributed by atoms with E-state index in [1.54, 1.807) is 4.57 Å². The Bertz CT molecular complexity index is 2490. The summed E-state index contributed by atoms with van der Waals surface area (Å²) in [6.07, 6.45) is 6.36. The van der Waals surface area contributed by atoms with Crippen LogP contribution in [0.25, 0.3) is 11.0 Å². The molecule has 14 nitrogen and oxygen atoms in total. The number of hydrogen-bond donors (Lipinski definition) is 0. The van der Waals surface area contributed by atoms with Crippen molar-refractivity contribution < 1.29 is 42.5 Å². The fourth-order valence-corrected chi connectivity index (χ4v) is 11.2. The molecule has 4 saturated heterocycles. The highest BCUT2D eigenvalue weighted by atomic mass is 16.7. The van der Waals surface area contributed by atoms with Crippen LogP contribution in [0.15, 0.2) is 41.4 Å². The zero-order valence-electron chi connectivity index (χ0n) is 42.4. The average Bonchev–Trinajstić information content (AvgIpc) is 4.07. The fourth-order valence-electron chi connectivity index (χ4n) is 11.2. The molecule has 2 amide bonds. The second-order valence-corrected chi connectivity index (χ2v) is 24.0. The molecule has 4 bridgehead atoms. The van der Waals surface area contributed by atoms with Crippen molar-refractivity contribution in [3.63, 3.8) is 0 Å². The van der Waals surface area contributed by atoms with Crippen LogP contribution in [0.4, 0.5) is 15.3 Å². The minimum Gasteiger partial charge on any atom is -0.444 e. The van der Waals surface area contributed by atoms with E-state index in [1.165, 1.54) is 12.5 Å². The molecule has 2 aromatic carbocycles. The molecule has 6 atom stereocenters. The van der Waals surface area contributed by atoms with Gasteiger partial charge < -0.3 is 28.1 Å². The molecule has 6 heterocycles. The predicted molar refractivity (Wildman–Crippen MR) is 260 cm³/mol. The number of ether oxygens (including phenoxy) is 2. The molecule has 0 N–H and O–H groups in total. The van der Waals surface area contributed by atoms with Crippen LogP contribution in [0, 0.1) is 11.8 Å². The summed E-state index contributed by atoms with van der Waals surface area (Å²) in [5, 5.41) is 0. The van der Waals surface area contributed by atoms with Gasteiger partial charge in [0.15, 0.2) is 0 Å². The van der Waals surface area contributed by atoms with Crippen LogP contribution in [0.1, 0.15) is 165 Å². The number of carbonyl (C=O) groups is 3. The second kappa shape index (κ2) is 16.2. The lowest BCUT2D eigenvalue weighted by Crippen LogP contribution is -2.50. The van der Waals surface area contributed by atoms with E-state index in [9.17, 15) is 14.4 Å². The van der Waals surface area contributed by atoms with Gasteiger partial charge in [0.25, 0.3) is 0 Å². The van der Waals surface area contributed by atoms with E-state index in [0.717, 1.165) is 67.3 Å². The number of piperidine rings is 2. The molecule has 2 saturated carbocycles. The lowest BCUT2D eigenvalue weighted by Gasteiger charge is -2.36. The minimum absolute atomic E-state index is 0.0382. The van der Waals surface area contributed by atoms with E-state index in [0.29, 0.717) is 22.8 Å². The molecule has 10 rings (SSSR count). The molecule has 0 radical (unpaired) electrons. The van der Waals surface area contributed by atoms with E-state index in [-0.39, 0.29) is 66.5 Å². The number of likely N-dealkylation sites (tertiary alicyclic amines) is 2. The summed E-state index contributed by atoms with van der Waals surface area (Å²) in [5.74, 6) is 1.20. The van der Waals surface area contributed by atoms with Crippen molar-refractivity contribution in [2.75, 3.05) is 0 Å². The van der Waals surface area contributed by atoms with Crippen molar-refractivity contribution in [1.29, 1.82) is 0 Å². The summed E-state index contributed by atoms with van der Waals surface area (Å²) in [5.41, 5.74) is 3.78. The normalized spacial score (nSPS) is 28.5. The monoisotopic (exact) mass is 920 g/mol. The van der Waals surface area contributed by atoms with Crippen molar-refractivity contribution in [2.45, 2.75) is 207 Å². The highest BCUT2D eigenvalue weighted by molar-refractivity contribution is 6.62. The van der Waals surface area contributed by atoms with Gasteiger partial charge >= 0.3 is 26.4 Å². The summed E-state index contributed by atoms with van der Waals surface area (Å²) in [6.45, 7) is 29.3. The average molecular weight is 920 g/mol. The minimum atomic E-state index is -0.595.